The highest BCUT2D eigenvalue weighted by molar-refractivity contribution is 5.91. The quantitative estimate of drug-likeness (QED) is 0.594. The lowest BCUT2D eigenvalue weighted by Gasteiger charge is -2.14. The highest BCUT2D eigenvalue weighted by Gasteiger charge is 2.28. The summed E-state index contributed by atoms with van der Waals surface area (Å²) in [5.74, 6) is 0.777. The summed E-state index contributed by atoms with van der Waals surface area (Å²) < 4.78 is 25.5. The zero-order valence-corrected chi connectivity index (χ0v) is 18.2. The highest BCUT2D eigenvalue weighted by Crippen LogP contribution is 2.39. The largest absolute Gasteiger partial charge is 0.497 e. The molecule has 0 radical (unpaired) electrons. The predicted molar refractivity (Wildman–Crippen MR) is 120 cm³/mol. The van der Waals surface area contributed by atoms with E-state index in [-0.39, 0.29) is 17.8 Å². The van der Waals surface area contributed by atoms with Crippen LogP contribution in [0.2, 0.25) is 0 Å². The average molecular weight is 433 g/mol. The van der Waals surface area contributed by atoms with Gasteiger partial charge in [0.1, 0.15) is 23.4 Å². The van der Waals surface area contributed by atoms with Gasteiger partial charge in [0, 0.05) is 29.8 Å². The first-order valence-corrected chi connectivity index (χ1v) is 10.3. The third-order valence-corrected chi connectivity index (χ3v) is 5.24. The number of fused-ring (bicyclic) bond motifs is 1. The number of nitrogens with one attached hydrogen (secondary N) is 1. The monoisotopic (exact) mass is 433 g/mol. The van der Waals surface area contributed by atoms with Crippen LogP contribution < -0.4 is 14.8 Å². The SMILES string of the molecule is COc1ccc(C=CC(=O)NCC2Cc3cc(F)cc(-c4nc(C)cnc4C)c3O2)cc1. The maximum Gasteiger partial charge on any atom is 0.244 e. The molecule has 4 rings (SSSR count). The Bertz CT molecular complexity index is 1180. The summed E-state index contributed by atoms with van der Waals surface area (Å²) in [6, 6.07) is 10.3. The van der Waals surface area contributed by atoms with Gasteiger partial charge in [-0.3, -0.25) is 9.78 Å². The topological polar surface area (TPSA) is 73.3 Å². The van der Waals surface area contributed by atoms with Gasteiger partial charge >= 0.3 is 0 Å². The van der Waals surface area contributed by atoms with Crippen LogP contribution in [0.15, 0.2) is 48.7 Å². The third kappa shape index (κ3) is 4.77. The van der Waals surface area contributed by atoms with Crippen LogP contribution in [-0.4, -0.2) is 35.6 Å². The Kier molecular flexibility index (Phi) is 6.16. The number of carbonyl (C=O) groups excluding carboxylic acids is 1. The molecule has 1 amide bonds. The minimum absolute atomic E-state index is 0.229. The van der Waals surface area contributed by atoms with Gasteiger partial charge in [-0.05, 0) is 49.8 Å². The van der Waals surface area contributed by atoms with E-state index < -0.39 is 0 Å². The molecule has 2 aromatic carbocycles. The van der Waals surface area contributed by atoms with Crippen molar-refractivity contribution in [1.82, 2.24) is 15.3 Å². The molecule has 3 aromatic rings. The summed E-state index contributed by atoms with van der Waals surface area (Å²) in [4.78, 5) is 21.1. The number of amides is 1. The number of nitrogens with zero attached hydrogens (tertiary/aromatic N) is 2. The van der Waals surface area contributed by atoms with E-state index in [1.807, 2.05) is 38.1 Å². The summed E-state index contributed by atoms with van der Waals surface area (Å²) in [7, 11) is 1.61. The van der Waals surface area contributed by atoms with Crippen molar-refractivity contribution in [1.29, 1.82) is 0 Å². The van der Waals surface area contributed by atoms with Crippen LogP contribution in [0.5, 0.6) is 11.5 Å². The van der Waals surface area contributed by atoms with E-state index in [1.54, 1.807) is 19.4 Å². The number of hydrogen-bond acceptors (Lipinski definition) is 5. The molecule has 0 saturated heterocycles. The number of ether oxygens (including phenoxy) is 2. The first-order chi connectivity index (χ1) is 15.4. The van der Waals surface area contributed by atoms with Crippen LogP contribution in [0.4, 0.5) is 4.39 Å². The first kappa shape index (κ1) is 21.5. The molecule has 1 aliphatic heterocycles. The molecule has 0 bridgehead atoms. The van der Waals surface area contributed by atoms with Gasteiger partial charge in [0.05, 0.1) is 30.7 Å². The molecule has 1 unspecified atom stereocenters. The standard InChI is InChI=1S/C25H24FN3O3/c1-15-13-27-16(2)24(29-15)22-12-19(26)10-18-11-21(32-25(18)22)14-28-23(30)9-6-17-4-7-20(31-3)8-5-17/h4-10,12-13,21H,11,14H2,1-3H3,(H,28,30). The zero-order chi connectivity index (χ0) is 22.7. The predicted octanol–water partition coefficient (Wildman–Crippen LogP) is 4.04. The van der Waals surface area contributed by atoms with Crippen LogP contribution >= 0.6 is 0 Å². The maximum atomic E-state index is 14.3. The molecule has 0 aliphatic carbocycles. The Balaban J connectivity index is 1.42. The molecule has 1 N–H and O–H groups in total. The minimum atomic E-state index is -0.350. The number of benzene rings is 2. The van der Waals surface area contributed by atoms with Crippen LogP contribution in [0.25, 0.3) is 17.3 Å². The molecular weight excluding hydrogens is 409 g/mol. The Morgan fingerprint density at radius 1 is 1.28 bits per heavy atom. The smallest absolute Gasteiger partial charge is 0.244 e. The normalized spacial score (nSPS) is 14.8. The van der Waals surface area contributed by atoms with Gasteiger partial charge in [0.2, 0.25) is 5.91 Å². The molecule has 1 atom stereocenters. The van der Waals surface area contributed by atoms with E-state index in [0.717, 1.165) is 22.6 Å². The molecule has 2 heterocycles. The third-order valence-electron chi connectivity index (χ3n) is 5.24. The van der Waals surface area contributed by atoms with E-state index >= 15 is 0 Å². The van der Waals surface area contributed by atoms with Crippen LogP contribution in [0.3, 0.4) is 0 Å². The number of hydrogen-bond donors (Lipinski definition) is 1. The number of aromatic nitrogens is 2. The number of rotatable bonds is 6. The Morgan fingerprint density at radius 2 is 2.06 bits per heavy atom. The average Bonchev–Trinajstić information content (AvgIpc) is 3.20. The van der Waals surface area contributed by atoms with E-state index in [4.69, 9.17) is 9.47 Å². The fourth-order valence-corrected chi connectivity index (χ4v) is 3.64. The van der Waals surface area contributed by atoms with Gasteiger partial charge in [-0.25, -0.2) is 9.37 Å². The lowest BCUT2D eigenvalue weighted by Crippen LogP contribution is -2.33. The van der Waals surface area contributed by atoms with Crippen molar-refractivity contribution in [2.24, 2.45) is 0 Å². The number of halogens is 1. The molecule has 164 valence electrons. The van der Waals surface area contributed by atoms with Crippen molar-refractivity contribution in [2.45, 2.75) is 26.4 Å². The molecule has 32 heavy (non-hydrogen) atoms. The lowest BCUT2D eigenvalue weighted by atomic mass is 10.0. The lowest BCUT2D eigenvalue weighted by molar-refractivity contribution is -0.116. The number of aryl methyl sites for hydroxylation is 2. The van der Waals surface area contributed by atoms with Crippen molar-refractivity contribution in [2.75, 3.05) is 13.7 Å². The summed E-state index contributed by atoms with van der Waals surface area (Å²) >= 11 is 0. The molecule has 6 nitrogen and oxygen atoms in total. The summed E-state index contributed by atoms with van der Waals surface area (Å²) in [5, 5.41) is 2.85. The van der Waals surface area contributed by atoms with Crippen molar-refractivity contribution in [3.63, 3.8) is 0 Å². The van der Waals surface area contributed by atoms with Gasteiger partial charge in [-0.15, -0.1) is 0 Å². The number of methoxy groups -OCH3 is 1. The molecule has 1 aromatic heterocycles. The minimum Gasteiger partial charge on any atom is -0.497 e. The molecule has 0 fully saturated rings. The second kappa shape index (κ2) is 9.18. The highest BCUT2D eigenvalue weighted by atomic mass is 19.1. The van der Waals surface area contributed by atoms with E-state index in [9.17, 15) is 9.18 Å². The van der Waals surface area contributed by atoms with Crippen molar-refractivity contribution in [3.05, 3.63) is 77.0 Å². The van der Waals surface area contributed by atoms with E-state index in [2.05, 4.69) is 15.3 Å². The maximum absolute atomic E-state index is 14.3. The fraction of sp³-hybridized carbons (Fsp3) is 0.240. The molecule has 7 heteroatoms. The Hall–Kier alpha value is -3.74. The van der Waals surface area contributed by atoms with Gasteiger partial charge < -0.3 is 14.8 Å². The molecule has 0 saturated carbocycles. The van der Waals surface area contributed by atoms with Crippen LogP contribution in [0.1, 0.15) is 22.5 Å². The second-order valence-electron chi connectivity index (χ2n) is 7.68. The van der Waals surface area contributed by atoms with Gasteiger partial charge in [0.25, 0.3) is 0 Å². The molecular formula is C25H24FN3O3. The van der Waals surface area contributed by atoms with Crippen molar-refractivity contribution < 1.29 is 18.7 Å². The number of carbonyl (C=O) groups is 1. The Labute approximate surface area is 186 Å². The van der Waals surface area contributed by atoms with Crippen LogP contribution in [0, 0.1) is 19.7 Å². The van der Waals surface area contributed by atoms with Crippen molar-refractivity contribution >= 4 is 12.0 Å². The molecule has 0 spiro atoms. The van der Waals surface area contributed by atoms with Crippen molar-refractivity contribution in [3.8, 4) is 22.8 Å². The summed E-state index contributed by atoms with van der Waals surface area (Å²) in [6.07, 6.45) is 5.09. The fourth-order valence-electron chi connectivity index (χ4n) is 3.64. The van der Waals surface area contributed by atoms with E-state index in [0.29, 0.717) is 35.7 Å². The molecule has 1 aliphatic rings. The van der Waals surface area contributed by atoms with E-state index in [1.165, 1.54) is 18.2 Å². The van der Waals surface area contributed by atoms with Gasteiger partial charge in [-0.2, -0.15) is 0 Å². The zero-order valence-electron chi connectivity index (χ0n) is 18.2. The second-order valence-corrected chi connectivity index (χ2v) is 7.68. The first-order valence-electron chi connectivity index (χ1n) is 10.3. The summed E-state index contributed by atoms with van der Waals surface area (Å²) in [5.41, 5.74) is 4.28. The van der Waals surface area contributed by atoms with Crippen LogP contribution in [-0.2, 0) is 11.2 Å². The van der Waals surface area contributed by atoms with Gasteiger partial charge in [0.15, 0.2) is 0 Å². The Morgan fingerprint density at radius 3 is 2.81 bits per heavy atom. The van der Waals surface area contributed by atoms with Gasteiger partial charge in [-0.1, -0.05) is 12.1 Å². The summed E-state index contributed by atoms with van der Waals surface area (Å²) in [6.45, 7) is 3.98.